The third-order valence-electron chi connectivity index (χ3n) is 6.33. The molecule has 1 aromatic carbocycles. The van der Waals surface area contributed by atoms with Gasteiger partial charge in [0.15, 0.2) is 11.5 Å². The lowest BCUT2D eigenvalue weighted by Gasteiger charge is -2.38. The average molecular weight is 463 g/mol. The van der Waals surface area contributed by atoms with Crippen molar-refractivity contribution in [1.82, 2.24) is 20.0 Å². The van der Waals surface area contributed by atoms with Crippen molar-refractivity contribution < 1.29 is 28.6 Å². The van der Waals surface area contributed by atoms with Gasteiger partial charge in [-0.15, -0.1) is 0 Å². The van der Waals surface area contributed by atoms with Crippen LogP contribution in [-0.4, -0.2) is 106 Å². The summed E-state index contributed by atoms with van der Waals surface area (Å²) in [7, 11) is 4.55. The topological polar surface area (TPSA) is 101 Å². The van der Waals surface area contributed by atoms with Crippen molar-refractivity contribution >= 4 is 17.8 Å². The molecule has 2 aliphatic rings. The molecular formula is C23H34N4O6. The van der Waals surface area contributed by atoms with Crippen LogP contribution in [0.5, 0.6) is 11.5 Å². The van der Waals surface area contributed by atoms with Gasteiger partial charge in [0.05, 0.1) is 34.3 Å². The summed E-state index contributed by atoms with van der Waals surface area (Å²) in [6.07, 6.45) is -0.0614. The minimum absolute atomic E-state index is 0.0264. The monoisotopic (exact) mass is 462 g/mol. The number of esters is 1. The van der Waals surface area contributed by atoms with Gasteiger partial charge in [0.1, 0.15) is 6.04 Å². The zero-order valence-electron chi connectivity index (χ0n) is 19.9. The number of rotatable bonds is 8. The van der Waals surface area contributed by atoms with Gasteiger partial charge in [-0.25, -0.2) is 0 Å². The molecule has 0 bridgehead atoms. The van der Waals surface area contributed by atoms with E-state index in [1.165, 1.54) is 7.11 Å². The fourth-order valence-corrected chi connectivity index (χ4v) is 4.28. The fraction of sp³-hybridized carbons (Fsp3) is 0.609. The normalized spacial score (nSPS) is 19.7. The molecule has 1 unspecified atom stereocenters. The van der Waals surface area contributed by atoms with Crippen molar-refractivity contribution in [1.29, 1.82) is 0 Å². The first kappa shape index (κ1) is 24.8. The van der Waals surface area contributed by atoms with Crippen molar-refractivity contribution in [3.63, 3.8) is 0 Å². The minimum atomic E-state index is -0.676. The molecule has 0 radical (unpaired) electrons. The molecule has 2 amide bonds. The first-order chi connectivity index (χ1) is 15.9. The number of amides is 2. The summed E-state index contributed by atoms with van der Waals surface area (Å²) < 4.78 is 15.5. The van der Waals surface area contributed by atoms with Crippen LogP contribution in [0.4, 0.5) is 0 Å². The van der Waals surface area contributed by atoms with Crippen LogP contribution in [0.2, 0.25) is 0 Å². The van der Waals surface area contributed by atoms with Crippen LogP contribution in [0.25, 0.3) is 0 Å². The highest BCUT2D eigenvalue weighted by molar-refractivity contribution is 5.88. The van der Waals surface area contributed by atoms with Crippen LogP contribution in [0.3, 0.4) is 0 Å². The lowest BCUT2D eigenvalue weighted by atomic mass is 10.1. The van der Waals surface area contributed by atoms with Gasteiger partial charge in [0.25, 0.3) is 0 Å². The van der Waals surface area contributed by atoms with Crippen LogP contribution in [0.15, 0.2) is 12.1 Å². The number of nitrogens with one attached hydrogen (secondary N) is 1. The largest absolute Gasteiger partial charge is 0.493 e. The Morgan fingerprint density at radius 1 is 1.03 bits per heavy atom. The van der Waals surface area contributed by atoms with Crippen molar-refractivity contribution in [2.45, 2.75) is 25.9 Å². The van der Waals surface area contributed by atoms with Gasteiger partial charge >= 0.3 is 5.97 Å². The standard InChI is InChI=1S/C23H34N4O6/c1-16-11-19(31-2)20(32-3)12-17(16)14-25-7-9-26(10-8-25)21(28)15-27-6-5-24-23(30)18(27)13-22(29)33-4/h11-12,18H,5-10,13-15H2,1-4H3,(H,24,30). The molecule has 1 atom stereocenters. The van der Waals surface area contributed by atoms with E-state index in [1.807, 2.05) is 17.0 Å². The molecule has 0 aliphatic carbocycles. The van der Waals surface area contributed by atoms with Crippen molar-refractivity contribution in [3.8, 4) is 11.5 Å². The van der Waals surface area contributed by atoms with Gasteiger partial charge in [-0.05, 0) is 30.2 Å². The number of piperazine rings is 2. The van der Waals surface area contributed by atoms with Gasteiger partial charge in [-0.3, -0.25) is 24.2 Å². The third kappa shape index (κ3) is 6.14. The Kier molecular flexibility index (Phi) is 8.51. The summed E-state index contributed by atoms with van der Waals surface area (Å²) in [4.78, 5) is 42.8. The molecule has 0 spiro atoms. The maximum atomic E-state index is 12.9. The average Bonchev–Trinajstić information content (AvgIpc) is 2.82. The van der Waals surface area contributed by atoms with Gasteiger partial charge in [0.2, 0.25) is 11.8 Å². The minimum Gasteiger partial charge on any atom is -0.493 e. The van der Waals surface area contributed by atoms with Crippen LogP contribution in [0.1, 0.15) is 17.5 Å². The second-order valence-corrected chi connectivity index (χ2v) is 8.35. The Labute approximate surface area is 194 Å². The molecule has 1 aromatic rings. The Morgan fingerprint density at radius 3 is 2.33 bits per heavy atom. The molecule has 1 N–H and O–H groups in total. The molecule has 10 heteroatoms. The fourth-order valence-electron chi connectivity index (χ4n) is 4.28. The summed E-state index contributed by atoms with van der Waals surface area (Å²) in [5.74, 6) is 0.690. The zero-order chi connectivity index (χ0) is 24.0. The summed E-state index contributed by atoms with van der Waals surface area (Å²) in [5.41, 5.74) is 2.29. The van der Waals surface area contributed by atoms with E-state index in [4.69, 9.17) is 14.2 Å². The van der Waals surface area contributed by atoms with E-state index in [0.29, 0.717) is 37.7 Å². The molecule has 2 saturated heterocycles. The van der Waals surface area contributed by atoms with E-state index >= 15 is 0 Å². The maximum Gasteiger partial charge on any atom is 0.307 e. The van der Waals surface area contributed by atoms with Gasteiger partial charge in [-0.2, -0.15) is 0 Å². The number of carbonyl (C=O) groups is 3. The van der Waals surface area contributed by atoms with E-state index in [2.05, 4.69) is 17.1 Å². The first-order valence-electron chi connectivity index (χ1n) is 11.2. The number of benzene rings is 1. The second-order valence-electron chi connectivity index (χ2n) is 8.35. The summed E-state index contributed by atoms with van der Waals surface area (Å²) in [6, 6.07) is 3.31. The molecule has 0 saturated carbocycles. The first-order valence-corrected chi connectivity index (χ1v) is 11.2. The highest BCUT2D eigenvalue weighted by Gasteiger charge is 2.34. The van der Waals surface area contributed by atoms with Crippen molar-refractivity contribution in [3.05, 3.63) is 23.3 Å². The number of hydrogen-bond acceptors (Lipinski definition) is 8. The van der Waals surface area contributed by atoms with E-state index in [-0.39, 0.29) is 24.8 Å². The summed E-state index contributed by atoms with van der Waals surface area (Å²) in [5, 5.41) is 2.76. The quantitative estimate of drug-likeness (QED) is 0.540. The zero-order valence-corrected chi connectivity index (χ0v) is 19.9. The molecule has 0 aromatic heterocycles. The van der Waals surface area contributed by atoms with Crippen LogP contribution >= 0.6 is 0 Å². The number of methoxy groups -OCH3 is 3. The van der Waals surface area contributed by atoms with E-state index in [0.717, 1.165) is 30.8 Å². The molecular weight excluding hydrogens is 428 g/mol. The number of ether oxygens (including phenoxy) is 3. The van der Waals surface area contributed by atoms with Crippen molar-refractivity contribution in [2.24, 2.45) is 0 Å². The Morgan fingerprint density at radius 2 is 1.70 bits per heavy atom. The Balaban J connectivity index is 1.54. The van der Waals surface area contributed by atoms with Gasteiger partial charge < -0.3 is 24.4 Å². The van der Waals surface area contributed by atoms with Crippen LogP contribution in [-0.2, 0) is 25.7 Å². The summed E-state index contributed by atoms with van der Waals surface area (Å²) >= 11 is 0. The lowest BCUT2D eigenvalue weighted by molar-refractivity contribution is -0.147. The number of hydrogen-bond donors (Lipinski definition) is 1. The number of nitrogens with zero attached hydrogens (tertiary/aromatic N) is 3. The Hall–Kier alpha value is -2.85. The van der Waals surface area contributed by atoms with Crippen molar-refractivity contribution in [2.75, 3.05) is 67.1 Å². The predicted molar refractivity (Wildman–Crippen MR) is 121 cm³/mol. The number of aryl methyl sites for hydroxylation is 1. The third-order valence-corrected chi connectivity index (χ3v) is 6.33. The highest BCUT2D eigenvalue weighted by atomic mass is 16.5. The van der Waals surface area contributed by atoms with E-state index < -0.39 is 12.0 Å². The van der Waals surface area contributed by atoms with Gasteiger partial charge in [-0.1, -0.05) is 0 Å². The predicted octanol–water partition coefficient (Wildman–Crippen LogP) is 0.0199. The van der Waals surface area contributed by atoms with Crippen LogP contribution in [0, 0.1) is 6.92 Å². The lowest BCUT2D eigenvalue weighted by Crippen LogP contribution is -2.59. The van der Waals surface area contributed by atoms with Gasteiger partial charge in [0, 0.05) is 45.8 Å². The molecule has 2 fully saturated rings. The SMILES string of the molecule is COC(=O)CC1C(=O)NCCN1CC(=O)N1CCN(Cc2cc(OC)c(OC)cc2C)CC1. The summed E-state index contributed by atoms with van der Waals surface area (Å²) in [6.45, 7) is 6.67. The molecule has 3 rings (SSSR count). The smallest absolute Gasteiger partial charge is 0.307 e. The molecule has 2 aliphatic heterocycles. The maximum absolute atomic E-state index is 12.9. The molecule has 10 nitrogen and oxygen atoms in total. The molecule has 33 heavy (non-hydrogen) atoms. The molecule has 2 heterocycles. The van der Waals surface area contributed by atoms with E-state index in [9.17, 15) is 14.4 Å². The number of carbonyl (C=O) groups excluding carboxylic acids is 3. The Bertz CT molecular complexity index is 869. The van der Waals surface area contributed by atoms with E-state index in [1.54, 1.807) is 19.1 Å². The molecule has 182 valence electrons. The van der Waals surface area contributed by atoms with Crippen LogP contribution < -0.4 is 14.8 Å². The second kappa shape index (κ2) is 11.3. The highest BCUT2D eigenvalue weighted by Crippen LogP contribution is 2.31.